The zero-order chi connectivity index (χ0) is 13.5. The maximum atomic E-state index is 11.8. The minimum absolute atomic E-state index is 0.00580. The fourth-order valence-electron chi connectivity index (χ4n) is 1.62. The number of hydrogen-bond donors (Lipinski definition) is 0. The van der Waals surface area contributed by atoms with E-state index in [0.717, 1.165) is 12.8 Å². The summed E-state index contributed by atoms with van der Waals surface area (Å²) in [5.41, 5.74) is 0. The van der Waals surface area contributed by atoms with Gasteiger partial charge in [0.15, 0.2) is 0 Å². The lowest BCUT2D eigenvalue weighted by molar-refractivity contribution is 0.0713. The van der Waals surface area contributed by atoms with Gasteiger partial charge in [0, 0.05) is 18.3 Å². The minimum atomic E-state index is -0.222. The van der Waals surface area contributed by atoms with Crippen molar-refractivity contribution in [2.45, 2.75) is 51.4 Å². The van der Waals surface area contributed by atoms with Crippen LogP contribution >= 0.6 is 21.6 Å². The van der Waals surface area contributed by atoms with Gasteiger partial charge < -0.3 is 9.64 Å². The van der Waals surface area contributed by atoms with Crippen molar-refractivity contribution in [3.63, 3.8) is 0 Å². The molecule has 5 heteroatoms. The number of hydrogen-bond acceptors (Lipinski definition) is 4. The highest BCUT2D eigenvalue weighted by Gasteiger charge is 2.24. The number of rotatable bonds is 7. The van der Waals surface area contributed by atoms with Gasteiger partial charge in [0.2, 0.25) is 0 Å². The highest BCUT2D eigenvalue weighted by atomic mass is 33.1. The van der Waals surface area contributed by atoms with Crippen LogP contribution in [0.3, 0.4) is 0 Å². The minimum Gasteiger partial charge on any atom is -0.446 e. The van der Waals surface area contributed by atoms with Crippen molar-refractivity contribution in [1.82, 2.24) is 4.90 Å². The van der Waals surface area contributed by atoms with E-state index >= 15 is 0 Å². The van der Waals surface area contributed by atoms with Crippen LogP contribution in [0.25, 0.3) is 0 Å². The van der Waals surface area contributed by atoms with Gasteiger partial charge in [0.1, 0.15) is 6.10 Å². The Hall–Kier alpha value is -0.0300. The lowest BCUT2D eigenvalue weighted by atomic mass is 10.2. The topological polar surface area (TPSA) is 29.5 Å². The molecule has 0 aromatic heterocycles. The van der Waals surface area contributed by atoms with Gasteiger partial charge in [-0.05, 0) is 33.4 Å². The molecule has 0 saturated heterocycles. The zero-order valence-electron chi connectivity index (χ0n) is 11.8. The summed E-state index contributed by atoms with van der Waals surface area (Å²) in [5.74, 6) is 0. The van der Waals surface area contributed by atoms with Crippen molar-refractivity contribution in [3.05, 3.63) is 0 Å². The first kappa shape index (κ1) is 17.0. The summed E-state index contributed by atoms with van der Waals surface area (Å²) in [5, 5.41) is 0. The fraction of sp³-hybridized carbons (Fsp3) is 0.917. The van der Waals surface area contributed by atoms with E-state index in [1.165, 1.54) is 0 Å². The van der Waals surface area contributed by atoms with Crippen molar-refractivity contribution in [1.29, 1.82) is 0 Å². The van der Waals surface area contributed by atoms with Gasteiger partial charge in [0.05, 0.1) is 0 Å². The van der Waals surface area contributed by atoms with E-state index in [9.17, 15) is 4.79 Å². The van der Waals surface area contributed by atoms with Crippen LogP contribution in [0.4, 0.5) is 4.79 Å². The van der Waals surface area contributed by atoms with E-state index in [1.54, 1.807) is 33.5 Å². The summed E-state index contributed by atoms with van der Waals surface area (Å²) >= 11 is 0. The first-order valence-corrected chi connectivity index (χ1v) is 8.51. The molecule has 102 valence electrons. The second kappa shape index (κ2) is 8.14. The largest absolute Gasteiger partial charge is 0.446 e. The van der Waals surface area contributed by atoms with Crippen molar-refractivity contribution >= 4 is 27.7 Å². The number of carbonyl (C=O) groups is 1. The van der Waals surface area contributed by atoms with Crippen molar-refractivity contribution in [3.8, 4) is 0 Å². The monoisotopic (exact) mass is 279 g/mol. The molecule has 0 N–H and O–H groups in total. The quantitative estimate of drug-likeness (QED) is 0.658. The summed E-state index contributed by atoms with van der Waals surface area (Å²) in [7, 11) is 5.29. The third-order valence-electron chi connectivity index (χ3n) is 2.24. The molecule has 0 aliphatic carbocycles. The Balaban J connectivity index is 4.13. The molecular formula is C12H25NO2S2. The molecular weight excluding hydrogens is 254 g/mol. The van der Waals surface area contributed by atoms with Gasteiger partial charge in [0.25, 0.3) is 0 Å². The third kappa shape index (κ3) is 7.82. The van der Waals surface area contributed by atoms with Gasteiger partial charge >= 0.3 is 6.09 Å². The van der Waals surface area contributed by atoms with Gasteiger partial charge in [-0.2, -0.15) is 0 Å². The molecule has 0 aliphatic rings. The van der Waals surface area contributed by atoms with Crippen LogP contribution in [-0.4, -0.2) is 41.7 Å². The van der Waals surface area contributed by atoms with Gasteiger partial charge in [-0.25, -0.2) is 4.79 Å². The first-order chi connectivity index (χ1) is 7.82. The lowest BCUT2D eigenvalue weighted by Gasteiger charge is -2.29. The Morgan fingerprint density at radius 3 is 2.53 bits per heavy atom. The number of nitrogens with zero attached hydrogens (tertiary/aromatic N) is 1. The molecule has 17 heavy (non-hydrogen) atoms. The average Bonchev–Trinajstić information content (AvgIpc) is 2.16. The molecule has 0 spiro atoms. The first-order valence-electron chi connectivity index (χ1n) is 5.96. The summed E-state index contributed by atoms with van der Waals surface area (Å²) in [6.45, 7) is 8.99. The van der Waals surface area contributed by atoms with Crippen molar-refractivity contribution in [2.24, 2.45) is 0 Å². The molecule has 0 radical (unpaired) electrons. The van der Waals surface area contributed by atoms with Crippen molar-refractivity contribution in [2.75, 3.05) is 19.8 Å². The van der Waals surface area contributed by atoms with Crippen LogP contribution in [0.15, 0.2) is 0 Å². The molecule has 0 aromatic carbocycles. The second-order valence-electron chi connectivity index (χ2n) is 4.85. The standard InChI is InChI=1S/C12H25NO2S2/c1-7-8-10(2)15-11(14)13(5)9-12(3,4)17-16-6/h10H,7-9H2,1-6H3. The fourth-order valence-corrected chi connectivity index (χ4v) is 3.82. The van der Waals surface area contributed by atoms with Gasteiger partial charge in [-0.3, -0.25) is 0 Å². The summed E-state index contributed by atoms with van der Waals surface area (Å²) in [6, 6.07) is 0. The molecule has 1 amide bonds. The molecule has 0 heterocycles. The maximum absolute atomic E-state index is 11.8. The van der Waals surface area contributed by atoms with Crippen LogP contribution in [0, 0.1) is 0 Å². The zero-order valence-corrected chi connectivity index (χ0v) is 13.4. The normalized spacial score (nSPS) is 13.3. The summed E-state index contributed by atoms with van der Waals surface area (Å²) in [6.07, 6.45) is 3.79. The van der Waals surface area contributed by atoms with E-state index in [2.05, 4.69) is 20.8 Å². The van der Waals surface area contributed by atoms with Crippen LogP contribution in [-0.2, 0) is 4.74 Å². The van der Waals surface area contributed by atoms with Gasteiger partial charge in [-0.15, -0.1) is 0 Å². The second-order valence-corrected chi connectivity index (χ2v) is 7.95. The number of ether oxygens (including phenoxy) is 1. The molecule has 3 nitrogen and oxygen atoms in total. The molecule has 0 rings (SSSR count). The van der Waals surface area contributed by atoms with Crippen LogP contribution in [0.2, 0.25) is 0 Å². The predicted molar refractivity (Wildman–Crippen MR) is 78.7 cm³/mol. The molecule has 0 bridgehead atoms. The van der Waals surface area contributed by atoms with Crippen LogP contribution in [0.1, 0.15) is 40.5 Å². The number of carbonyl (C=O) groups excluding carboxylic acids is 1. The summed E-state index contributed by atoms with van der Waals surface area (Å²) in [4.78, 5) is 13.5. The highest BCUT2D eigenvalue weighted by Crippen LogP contribution is 2.34. The molecule has 0 fully saturated rings. The molecule has 1 unspecified atom stereocenters. The van der Waals surface area contributed by atoms with E-state index < -0.39 is 0 Å². The summed E-state index contributed by atoms with van der Waals surface area (Å²) < 4.78 is 5.39. The predicted octanol–water partition coefficient (Wildman–Crippen LogP) is 4.03. The SMILES string of the molecule is CCCC(C)OC(=O)N(C)CC(C)(C)SSC. The maximum Gasteiger partial charge on any atom is 0.409 e. The lowest BCUT2D eigenvalue weighted by Crippen LogP contribution is -2.39. The average molecular weight is 279 g/mol. The smallest absolute Gasteiger partial charge is 0.409 e. The Labute approximate surface area is 113 Å². The Morgan fingerprint density at radius 2 is 2.06 bits per heavy atom. The highest BCUT2D eigenvalue weighted by molar-refractivity contribution is 8.76. The Morgan fingerprint density at radius 1 is 1.47 bits per heavy atom. The third-order valence-corrected chi connectivity index (χ3v) is 4.84. The van der Waals surface area contributed by atoms with E-state index in [1.807, 2.05) is 13.2 Å². The van der Waals surface area contributed by atoms with Gasteiger partial charge in [-0.1, -0.05) is 34.9 Å². The Bertz CT molecular complexity index is 235. The van der Waals surface area contributed by atoms with E-state index in [-0.39, 0.29) is 16.9 Å². The van der Waals surface area contributed by atoms with Crippen LogP contribution in [0.5, 0.6) is 0 Å². The van der Waals surface area contributed by atoms with E-state index in [0.29, 0.717) is 6.54 Å². The molecule has 0 saturated carbocycles. The molecule has 0 aromatic rings. The van der Waals surface area contributed by atoms with E-state index in [4.69, 9.17) is 4.74 Å². The van der Waals surface area contributed by atoms with Crippen LogP contribution < -0.4 is 0 Å². The number of amides is 1. The molecule has 0 aliphatic heterocycles. The Kier molecular flexibility index (Phi) is 8.12. The molecule has 1 atom stereocenters. The van der Waals surface area contributed by atoms with Crippen molar-refractivity contribution < 1.29 is 9.53 Å².